The van der Waals surface area contributed by atoms with Gasteiger partial charge in [-0.3, -0.25) is 4.79 Å². The second-order valence-corrected chi connectivity index (χ2v) is 4.84. The summed E-state index contributed by atoms with van der Waals surface area (Å²) in [6.45, 7) is 5.08. The van der Waals surface area contributed by atoms with Crippen molar-refractivity contribution < 1.29 is 9.53 Å². The zero-order chi connectivity index (χ0) is 13.5. The highest BCUT2D eigenvalue weighted by molar-refractivity contribution is 5.93. The fraction of sp³-hybridized carbons (Fsp3) is 0.533. The SMILES string of the molecule is CCNCc1ccccc1NC(=O)C1CCCOC1. The Morgan fingerprint density at radius 1 is 1.42 bits per heavy atom. The summed E-state index contributed by atoms with van der Waals surface area (Å²) < 4.78 is 5.36. The molecule has 1 aliphatic rings. The number of ether oxygens (including phenoxy) is 1. The van der Waals surface area contributed by atoms with Gasteiger partial charge in [0, 0.05) is 18.8 Å². The molecule has 0 aliphatic carbocycles. The molecular weight excluding hydrogens is 240 g/mol. The molecule has 4 nitrogen and oxygen atoms in total. The van der Waals surface area contributed by atoms with E-state index >= 15 is 0 Å². The number of rotatable bonds is 5. The van der Waals surface area contributed by atoms with Crippen LogP contribution in [0.1, 0.15) is 25.3 Å². The van der Waals surface area contributed by atoms with Crippen LogP contribution in [0.2, 0.25) is 0 Å². The number of carbonyl (C=O) groups excluding carboxylic acids is 1. The maximum absolute atomic E-state index is 12.2. The number of benzene rings is 1. The van der Waals surface area contributed by atoms with Gasteiger partial charge in [0.05, 0.1) is 12.5 Å². The van der Waals surface area contributed by atoms with Crippen LogP contribution in [0.15, 0.2) is 24.3 Å². The third-order valence-corrected chi connectivity index (χ3v) is 3.37. The maximum Gasteiger partial charge on any atom is 0.229 e. The van der Waals surface area contributed by atoms with Crippen LogP contribution in [0.3, 0.4) is 0 Å². The van der Waals surface area contributed by atoms with Gasteiger partial charge >= 0.3 is 0 Å². The van der Waals surface area contributed by atoms with Crippen molar-refractivity contribution in [3.05, 3.63) is 29.8 Å². The minimum atomic E-state index is -0.0130. The zero-order valence-electron chi connectivity index (χ0n) is 11.4. The highest BCUT2D eigenvalue weighted by Crippen LogP contribution is 2.19. The largest absolute Gasteiger partial charge is 0.381 e. The highest BCUT2D eigenvalue weighted by Gasteiger charge is 2.22. The minimum Gasteiger partial charge on any atom is -0.381 e. The number of nitrogens with one attached hydrogen (secondary N) is 2. The van der Waals surface area contributed by atoms with Crippen LogP contribution < -0.4 is 10.6 Å². The number of hydrogen-bond acceptors (Lipinski definition) is 3. The van der Waals surface area contributed by atoms with Gasteiger partial charge in [-0.1, -0.05) is 25.1 Å². The van der Waals surface area contributed by atoms with Gasteiger partial charge in [-0.25, -0.2) is 0 Å². The van der Waals surface area contributed by atoms with E-state index in [2.05, 4.69) is 17.6 Å². The standard InChI is InChI=1S/C15H22N2O2/c1-2-16-10-12-6-3-4-8-14(12)17-15(18)13-7-5-9-19-11-13/h3-4,6,8,13,16H,2,5,7,9-11H2,1H3,(H,17,18). The molecule has 0 saturated carbocycles. The Kier molecular flexibility index (Phi) is 5.36. The van der Waals surface area contributed by atoms with Crippen molar-refractivity contribution in [3.63, 3.8) is 0 Å². The third kappa shape index (κ3) is 4.04. The quantitative estimate of drug-likeness (QED) is 0.855. The highest BCUT2D eigenvalue weighted by atomic mass is 16.5. The van der Waals surface area contributed by atoms with Crippen LogP contribution in [-0.4, -0.2) is 25.7 Å². The molecule has 4 heteroatoms. The summed E-state index contributed by atoms with van der Waals surface area (Å²) in [6.07, 6.45) is 1.89. The smallest absolute Gasteiger partial charge is 0.229 e. The van der Waals surface area contributed by atoms with Gasteiger partial charge in [-0.15, -0.1) is 0 Å². The molecule has 2 N–H and O–H groups in total. The van der Waals surface area contributed by atoms with E-state index in [1.807, 2.05) is 24.3 Å². The van der Waals surface area contributed by atoms with Crippen LogP contribution in [0.4, 0.5) is 5.69 Å². The fourth-order valence-corrected chi connectivity index (χ4v) is 2.24. The molecule has 1 aromatic rings. The summed E-state index contributed by atoms with van der Waals surface area (Å²) in [5, 5.41) is 6.31. The summed E-state index contributed by atoms with van der Waals surface area (Å²) >= 11 is 0. The molecule has 1 fully saturated rings. The molecule has 0 aromatic heterocycles. The van der Waals surface area contributed by atoms with Crippen molar-refractivity contribution in [3.8, 4) is 0 Å². The molecule has 1 amide bonds. The van der Waals surface area contributed by atoms with E-state index in [0.717, 1.165) is 43.8 Å². The minimum absolute atomic E-state index is 0.0130. The molecule has 1 atom stereocenters. The van der Waals surface area contributed by atoms with Crippen molar-refractivity contribution >= 4 is 11.6 Å². The average Bonchev–Trinajstić information content (AvgIpc) is 2.47. The molecule has 104 valence electrons. The van der Waals surface area contributed by atoms with Crippen LogP contribution in [-0.2, 0) is 16.1 Å². The Hall–Kier alpha value is -1.39. The number of para-hydroxylation sites is 1. The Bertz CT molecular complexity index is 414. The Balaban J connectivity index is 1.99. The molecular formula is C15H22N2O2. The van der Waals surface area contributed by atoms with Crippen LogP contribution in [0, 0.1) is 5.92 Å². The average molecular weight is 262 g/mol. The summed E-state index contributed by atoms with van der Waals surface area (Å²) in [5.41, 5.74) is 2.02. The Labute approximate surface area is 114 Å². The first-order chi connectivity index (χ1) is 9.31. The lowest BCUT2D eigenvalue weighted by Gasteiger charge is -2.22. The van der Waals surface area contributed by atoms with Crippen molar-refractivity contribution in [1.29, 1.82) is 0 Å². The first-order valence-electron chi connectivity index (χ1n) is 6.98. The Morgan fingerprint density at radius 3 is 3.00 bits per heavy atom. The molecule has 2 rings (SSSR count). The van der Waals surface area contributed by atoms with Gasteiger partial charge in [-0.2, -0.15) is 0 Å². The van der Waals surface area contributed by atoms with Crippen molar-refractivity contribution in [1.82, 2.24) is 5.32 Å². The fourth-order valence-electron chi connectivity index (χ4n) is 2.24. The van der Waals surface area contributed by atoms with Crippen LogP contribution in [0.25, 0.3) is 0 Å². The van der Waals surface area contributed by atoms with E-state index < -0.39 is 0 Å². The predicted octanol–water partition coefficient (Wildman–Crippen LogP) is 2.16. The maximum atomic E-state index is 12.2. The van der Waals surface area contributed by atoms with Gasteiger partial charge in [0.2, 0.25) is 5.91 Å². The summed E-state index contributed by atoms with van der Waals surface area (Å²) in [6, 6.07) is 7.93. The summed E-state index contributed by atoms with van der Waals surface area (Å²) in [4.78, 5) is 12.2. The normalized spacial score (nSPS) is 19.1. The van der Waals surface area contributed by atoms with E-state index in [1.165, 1.54) is 0 Å². The number of hydrogen-bond donors (Lipinski definition) is 2. The second-order valence-electron chi connectivity index (χ2n) is 4.84. The molecule has 1 heterocycles. The van der Waals surface area contributed by atoms with Gasteiger partial charge in [0.25, 0.3) is 0 Å². The van der Waals surface area contributed by atoms with Crippen molar-refractivity contribution in [2.45, 2.75) is 26.3 Å². The molecule has 1 saturated heterocycles. The molecule has 0 bridgehead atoms. The topological polar surface area (TPSA) is 50.4 Å². The first-order valence-corrected chi connectivity index (χ1v) is 6.98. The molecule has 0 spiro atoms. The van der Waals surface area contributed by atoms with Crippen LogP contribution >= 0.6 is 0 Å². The summed E-state index contributed by atoms with van der Waals surface area (Å²) in [5.74, 6) is 0.0598. The van der Waals surface area contributed by atoms with E-state index in [0.29, 0.717) is 6.61 Å². The lowest BCUT2D eigenvalue weighted by atomic mass is 10.0. The van der Waals surface area contributed by atoms with E-state index in [4.69, 9.17) is 4.74 Å². The number of amides is 1. The van der Waals surface area contributed by atoms with Crippen molar-refractivity contribution in [2.24, 2.45) is 5.92 Å². The molecule has 1 aromatic carbocycles. The van der Waals surface area contributed by atoms with E-state index in [1.54, 1.807) is 0 Å². The Morgan fingerprint density at radius 2 is 2.26 bits per heavy atom. The molecule has 1 aliphatic heterocycles. The van der Waals surface area contributed by atoms with Gasteiger partial charge in [0.1, 0.15) is 0 Å². The monoisotopic (exact) mass is 262 g/mol. The predicted molar refractivity (Wildman–Crippen MR) is 76.0 cm³/mol. The van der Waals surface area contributed by atoms with Gasteiger partial charge in [0.15, 0.2) is 0 Å². The molecule has 1 unspecified atom stereocenters. The van der Waals surface area contributed by atoms with Gasteiger partial charge in [-0.05, 0) is 31.0 Å². The molecule has 19 heavy (non-hydrogen) atoms. The van der Waals surface area contributed by atoms with Crippen molar-refractivity contribution in [2.75, 3.05) is 25.1 Å². The van der Waals surface area contributed by atoms with E-state index in [9.17, 15) is 4.79 Å². The lowest BCUT2D eigenvalue weighted by molar-refractivity contribution is -0.123. The number of carbonyl (C=O) groups is 1. The van der Waals surface area contributed by atoms with Crippen LogP contribution in [0.5, 0.6) is 0 Å². The zero-order valence-corrected chi connectivity index (χ0v) is 11.4. The number of anilines is 1. The van der Waals surface area contributed by atoms with E-state index in [-0.39, 0.29) is 11.8 Å². The first kappa shape index (κ1) is 14.0. The lowest BCUT2D eigenvalue weighted by Crippen LogP contribution is -2.30. The molecule has 0 radical (unpaired) electrons. The summed E-state index contributed by atoms with van der Waals surface area (Å²) in [7, 11) is 0. The second kappa shape index (κ2) is 7.26. The van der Waals surface area contributed by atoms with Gasteiger partial charge < -0.3 is 15.4 Å². The third-order valence-electron chi connectivity index (χ3n) is 3.37.